The molecule has 104 valence electrons. The van der Waals surface area contributed by atoms with Crippen LogP contribution in [0.3, 0.4) is 0 Å². The van der Waals surface area contributed by atoms with Crippen molar-refractivity contribution in [2.45, 2.75) is 6.92 Å². The fourth-order valence-electron chi connectivity index (χ4n) is 1.80. The molecule has 0 aliphatic rings. The first-order valence-electron chi connectivity index (χ1n) is 5.71. The van der Waals surface area contributed by atoms with Crippen LogP contribution in [-0.2, 0) is 0 Å². The van der Waals surface area contributed by atoms with E-state index in [4.69, 9.17) is 5.73 Å². The van der Waals surface area contributed by atoms with E-state index < -0.39 is 29.0 Å². The molecule has 2 aromatic rings. The second-order valence-electron chi connectivity index (χ2n) is 4.24. The summed E-state index contributed by atoms with van der Waals surface area (Å²) in [5.74, 6) is -4.33. The Morgan fingerprint density at radius 1 is 1.10 bits per heavy atom. The first-order valence-corrected chi connectivity index (χ1v) is 5.71. The molecular weight excluding hydrogens is 269 g/mol. The molecule has 0 aliphatic carbocycles. The SMILES string of the molecule is Cc1cccc(N)c1C(=O)Nc1cc(F)c(F)cc1F. The average Bonchev–Trinajstić information content (AvgIpc) is 2.35. The van der Waals surface area contributed by atoms with Crippen LogP contribution in [0.4, 0.5) is 24.5 Å². The Kier molecular flexibility index (Phi) is 3.65. The van der Waals surface area contributed by atoms with E-state index in [-0.39, 0.29) is 11.3 Å². The number of halogens is 3. The maximum Gasteiger partial charge on any atom is 0.258 e. The summed E-state index contributed by atoms with van der Waals surface area (Å²) in [7, 11) is 0. The highest BCUT2D eigenvalue weighted by Crippen LogP contribution is 2.22. The van der Waals surface area contributed by atoms with Gasteiger partial charge in [-0.05, 0) is 18.6 Å². The zero-order valence-corrected chi connectivity index (χ0v) is 10.5. The molecule has 0 saturated heterocycles. The molecule has 0 aromatic heterocycles. The minimum Gasteiger partial charge on any atom is -0.398 e. The van der Waals surface area contributed by atoms with E-state index in [2.05, 4.69) is 5.32 Å². The van der Waals surface area contributed by atoms with Gasteiger partial charge in [-0.3, -0.25) is 4.79 Å². The van der Waals surface area contributed by atoms with Gasteiger partial charge < -0.3 is 11.1 Å². The van der Waals surface area contributed by atoms with E-state index in [0.717, 1.165) is 0 Å². The predicted octanol–water partition coefficient (Wildman–Crippen LogP) is 3.25. The summed E-state index contributed by atoms with van der Waals surface area (Å²) in [6.45, 7) is 1.66. The van der Waals surface area contributed by atoms with Crippen molar-refractivity contribution in [2.24, 2.45) is 0 Å². The number of amides is 1. The van der Waals surface area contributed by atoms with Crippen LogP contribution < -0.4 is 11.1 Å². The molecule has 0 heterocycles. The number of aryl methyl sites for hydroxylation is 1. The molecule has 0 bridgehead atoms. The van der Waals surface area contributed by atoms with Crippen LogP contribution in [0.2, 0.25) is 0 Å². The summed E-state index contributed by atoms with van der Waals surface area (Å²) >= 11 is 0. The Morgan fingerprint density at radius 2 is 1.75 bits per heavy atom. The van der Waals surface area contributed by atoms with Gasteiger partial charge in [0.05, 0.1) is 11.3 Å². The van der Waals surface area contributed by atoms with Gasteiger partial charge in [0.2, 0.25) is 0 Å². The molecule has 1 amide bonds. The van der Waals surface area contributed by atoms with Gasteiger partial charge in [-0.1, -0.05) is 12.1 Å². The first kappa shape index (κ1) is 13.9. The fourth-order valence-corrected chi connectivity index (χ4v) is 1.80. The molecule has 20 heavy (non-hydrogen) atoms. The van der Waals surface area contributed by atoms with Gasteiger partial charge >= 0.3 is 0 Å². The van der Waals surface area contributed by atoms with Crippen molar-refractivity contribution in [1.29, 1.82) is 0 Å². The third-order valence-corrected chi connectivity index (χ3v) is 2.79. The topological polar surface area (TPSA) is 55.1 Å². The minimum absolute atomic E-state index is 0.164. The molecule has 0 atom stereocenters. The van der Waals surface area contributed by atoms with Crippen molar-refractivity contribution < 1.29 is 18.0 Å². The summed E-state index contributed by atoms with van der Waals surface area (Å²) in [6, 6.07) is 5.79. The lowest BCUT2D eigenvalue weighted by molar-refractivity contribution is 0.102. The molecule has 0 spiro atoms. The largest absolute Gasteiger partial charge is 0.398 e. The Balaban J connectivity index is 2.35. The van der Waals surface area contributed by atoms with E-state index in [1.54, 1.807) is 19.1 Å². The number of anilines is 2. The van der Waals surface area contributed by atoms with Crippen LogP contribution in [-0.4, -0.2) is 5.91 Å². The zero-order valence-electron chi connectivity index (χ0n) is 10.5. The van der Waals surface area contributed by atoms with E-state index in [1.165, 1.54) is 6.07 Å². The van der Waals surface area contributed by atoms with Crippen molar-refractivity contribution in [2.75, 3.05) is 11.1 Å². The quantitative estimate of drug-likeness (QED) is 0.655. The third kappa shape index (κ3) is 2.59. The van der Waals surface area contributed by atoms with Crippen molar-refractivity contribution in [3.8, 4) is 0 Å². The molecule has 0 saturated carbocycles. The molecule has 3 N–H and O–H groups in total. The molecule has 3 nitrogen and oxygen atoms in total. The number of hydrogen-bond donors (Lipinski definition) is 2. The molecule has 0 radical (unpaired) electrons. The smallest absolute Gasteiger partial charge is 0.258 e. The van der Waals surface area contributed by atoms with Crippen LogP contribution in [0.25, 0.3) is 0 Å². The van der Waals surface area contributed by atoms with Crippen molar-refractivity contribution in [1.82, 2.24) is 0 Å². The monoisotopic (exact) mass is 280 g/mol. The van der Waals surface area contributed by atoms with Crippen LogP contribution in [0.5, 0.6) is 0 Å². The molecule has 6 heteroatoms. The summed E-state index contributed by atoms with van der Waals surface area (Å²) in [4.78, 5) is 12.0. The van der Waals surface area contributed by atoms with Gasteiger partial charge in [0.25, 0.3) is 5.91 Å². The number of carbonyl (C=O) groups excluding carboxylic acids is 1. The van der Waals surface area contributed by atoms with Crippen LogP contribution >= 0.6 is 0 Å². The maximum absolute atomic E-state index is 13.5. The van der Waals surface area contributed by atoms with Crippen LogP contribution in [0.1, 0.15) is 15.9 Å². The highest BCUT2D eigenvalue weighted by molar-refractivity contribution is 6.08. The fraction of sp³-hybridized carbons (Fsp3) is 0.0714. The second-order valence-corrected chi connectivity index (χ2v) is 4.24. The number of hydrogen-bond acceptors (Lipinski definition) is 2. The summed E-state index contributed by atoms with van der Waals surface area (Å²) in [6.07, 6.45) is 0. The Morgan fingerprint density at radius 3 is 2.40 bits per heavy atom. The summed E-state index contributed by atoms with van der Waals surface area (Å²) in [5, 5.41) is 2.18. The van der Waals surface area contributed by atoms with E-state index in [1.807, 2.05) is 0 Å². The number of benzene rings is 2. The standard InChI is InChI=1S/C14H11F3N2O/c1-7-3-2-4-11(18)13(7)14(20)19-12-6-9(16)8(15)5-10(12)17/h2-6H,18H2,1H3,(H,19,20). The first-order chi connectivity index (χ1) is 9.40. The number of nitrogen functional groups attached to an aromatic ring is 1. The van der Waals surface area contributed by atoms with Crippen molar-refractivity contribution in [3.63, 3.8) is 0 Å². The molecule has 2 aromatic carbocycles. The van der Waals surface area contributed by atoms with Crippen molar-refractivity contribution >= 4 is 17.3 Å². The Labute approximate surface area is 113 Å². The lowest BCUT2D eigenvalue weighted by Crippen LogP contribution is -2.16. The van der Waals surface area contributed by atoms with E-state index in [0.29, 0.717) is 17.7 Å². The zero-order chi connectivity index (χ0) is 14.9. The molecule has 0 fully saturated rings. The van der Waals surface area contributed by atoms with Crippen LogP contribution in [0.15, 0.2) is 30.3 Å². The van der Waals surface area contributed by atoms with Gasteiger partial charge in [0, 0.05) is 17.8 Å². The van der Waals surface area contributed by atoms with Crippen molar-refractivity contribution in [3.05, 3.63) is 58.9 Å². The average molecular weight is 280 g/mol. The maximum atomic E-state index is 13.5. The van der Waals surface area contributed by atoms with Gasteiger partial charge in [0.1, 0.15) is 5.82 Å². The molecule has 0 aliphatic heterocycles. The van der Waals surface area contributed by atoms with Gasteiger partial charge in [0.15, 0.2) is 11.6 Å². The third-order valence-electron chi connectivity index (χ3n) is 2.79. The number of carbonyl (C=O) groups is 1. The lowest BCUT2D eigenvalue weighted by atomic mass is 10.1. The Bertz CT molecular complexity index is 666. The van der Waals surface area contributed by atoms with Gasteiger partial charge in [-0.25, -0.2) is 13.2 Å². The summed E-state index contributed by atoms with van der Waals surface area (Å²) in [5.41, 5.74) is 6.20. The number of nitrogens with one attached hydrogen (secondary N) is 1. The van der Waals surface area contributed by atoms with Gasteiger partial charge in [-0.15, -0.1) is 0 Å². The lowest BCUT2D eigenvalue weighted by Gasteiger charge is -2.11. The molecule has 0 unspecified atom stereocenters. The predicted molar refractivity (Wildman–Crippen MR) is 69.9 cm³/mol. The highest BCUT2D eigenvalue weighted by atomic mass is 19.2. The minimum atomic E-state index is -1.32. The van der Waals surface area contributed by atoms with Crippen LogP contribution in [0, 0.1) is 24.4 Å². The van der Waals surface area contributed by atoms with Gasteiger partial charge in [-0.2, -0.15) is 0 Å². The second kappa shape index (κ2) is 5.24. The molecular formula is C14H11F3N2O. The normalized spacial score (nSPS) is 10.4. The summed E-state index contributed by atoms with van der Waals surface area (Å²) < 4.78 is 39.3. The van der Waals surface area contributed by atoms with E-state index >= 15 is 0 Å². The molecule has 2 rings (SSSR count). The Hall–Kier alpha value is -2.50. The highest BCUT2D eigenvalue weighted by Gasteiger charge is 2.16. The number of nitrogens with two attached hydrogens (primary N) is 1. The van der Waals surface area contributed by atoms with E-state index in [9.17, 15) is 18.0 Å². The number of rotatable bonds is 2.